The van der Waals surface area contributed by atoms with Gasteiger partial charge in [-0.15, -0.1) is 0 Å². The zero-order valence-corrected chi connectivity index (χ0v) is 14.3. The molecule has 114 valence electrons. The molecule has 0 aliphatic rings. The molecule has 0 aliphatic heterocycles. The molecule has 0 radical (unpaired) electrons. The number of rotatable bonds is 6. The highest BCUT2D eigenvalue weighted by Gasteiger charge is 2.19. The van der Waals surface area contributed by atoms with Gasteiger partial charge in [-0.3, -0.25) is 4.68 Å². The number of hydrogen-bond donors (Lipinski definition) is 1. The molecular weight excluding hydrogens is 330 g/mol. The quantitative estimate of drug-likeness (QED) is 0.869. The summed E-state index contributed by atoms with van der Waals surface area (Å²) < 4.78 is 2.75. The summed E-state index contributed by atoms with van der Waals surface area (Å²) in [7, 11) is 4.06. The first kappa shape index (κ1) is 16.2. The van der Waals surface area contributed by atoms with E-state index in [0.717, 1.165) is 28.8 Å². The van der Waals surface area contributed by atoms with E-state index in [2.05, 4.69) is 45.0 Å². The van der Waals surface area contributed by atoms with Crippen LogP contribution in [0.1, 0.15) is 22.9 Å². The zero-order valence-electron chi connectivity index (χ0n) is 12.8. The summed E-state index contributed by atoms with van der Waals surface area (Å²) in [6.45, 7) is 3.72. The average molecular weight is 352 g/mol. The predicted octanol–water partition coefficient (Wildman–Crippen LogP) is 2.79. The summed E-state index contributed by atoms with van der Waals surface area (Å²) in [5, 5.41) is 15.0. The summed E-state index contributed by atoms with van der Waals surface area (Å²) in [5.41, 5.74) is 3.21. The number of aromatic nitrogens is 2. The van der Waals surface area contributed by atoms with Gasteiger partial charge in [0.05, 0.1) is 22.9 Å². The number of likely N-dealkylation sites (N-methyl/N-ethyl adjacent to an activating group) is 1. The summed E-state index contributed by atoms with van der Waals surface area (Å²) in [6.07, 6.45) is 1.79. The summed E-state index contributed by atoms with van der Waals surface area (Å²) in [4.78, 5) is 2.10. The van der Waals surface area contributed by atoms with Gasteiger partial charge in [0.15, 0.2) is 0 Å². The molecule has 0 amide bonds. The number of aliphatic hydroxyl groups excluding tert-OH is 1. The Bertz CT molecular complexity index is 595. The predicted molar refractivity (Wildman–Crippen MR) is 88.3 cm³/mol. The lowest BCUT2D eigenvalue weighted by molar-refractivity contribution is 0.164. The van der Waals surface area contributed by atoms with Gasteiger partial charge in [-0.25, -0.2) is 0 Å². The Kier molecular flexibility index (Phi) is 5.56. The van der Waals surface area contributed by atoms with E-state index >= 15 is 0 Å². The molecule has 1 aromatic heterocycles. The largest absolute Gasteiger partial charge is 0.386 e. The van der Waals surface area contributed by atoms with Crippen molar-refractivity contribution in [1.82, 2.24) is 14.7 Å². The normalized spacial score (nSPS) is 12.9. The molecule has 0 aliphatic carbocycles. The highest BCUT2D eigenvalue weighted by molar-refractivity contribution is 9.10. The molecular formula is C16H22BrN3O. The van der Waals surface area contributed by atoms with Crippen LogP contribution in [0, 0.1) is 6.92 Å². The topological polar surface area (TPSA) is 41.3 Å². The van der Waals surface area contributed by atoms with Gasteiger partial charge < -0.3 is 10.0 Å². The zero-order chi connectivity index (χ0) is 15.4. The van der Waals surface area contributed by atoms with Crippen LogP contribution < -0.4 is 0 Å². The van der Waals surface area contributed by atoms with Gasteiger partial charge >= 0.3 is 0 Å². The first-order valence-corrected chi connectivity index (χ1v) is 7.87. The van der Waals surface area contributed by atoms with E-state index in [1.54, 1.807) is 6.20 Å². The van der Waals surface area contributed by atoms with Crippen LogP contribution in [0.4, 0.5) is 0 Å². The molecule has 0 spiro atoms. The Hall–Kier alpha value is -1.17. The standard InChI is InChI=1S/C16H22BrN3O/c1-12-6-4-5-7-13(12)10-15(21)16-14(17)11-18-20(16)9-8-19(2)3/h4-7,11,15,21H,8-10H2,1-3H3. The molecule has 21 heavy (non-hydrogen) atoms. The molecule has 2 aromatic rings. The summed E-state index contributed by atoms with van der Waals surface area (Å²) in [5.74, 6) is 0. The third kappa shape index (κ3) is 4.15. The fourth-order valence-electron chi connectivity index (χ4n) is 2.32. The van der Waals surface area contributed by atoms with Crippen LogP contribution in [-0.4, -0.2) is 40.4 Å². The smallest absolute Gasteiger partial charge is 0.101 e. The monoisotopic (exact) mass is 351 g/mol. The minimum atomic E-state index is -0.565. The second kappa shape index (κ2) is 7.20. The third-order valence-electron chi connectivity index (χ3n) is 3.58. The van der Waals surface area contributed by atoms with Crippen molar-refractivity contribution in [2.24, 2.45) is 0 Å². The van der Waals surface area contributed by atoms with E-state index in [9.17, 15) is 5.11 Å². The Morgan fingerprint density at radius 2 is 2.05 bits per heavy atom. The lowest BCUT2D eigenvalue weighted by Crippen LogP contribution is -2.21. The van der Waals surface area contributed by atoms with Gasteiger partial charge in [-0.05, 0) is 48.1 Å². The van der Waals surface area contributed by atoms with E-state index < -0.39 is 6.10 Å². The van der Waals surface area contributed by atoms with Crippen LogP contribution in [0.15, 0.2) is 34.9 Å². The highest BCUT2D eigenvalue weighted by Crippen LogP contribution is 2.27. The van der Waals surface area contributed by atoms with E-state index in [1.165, 1.54) is 5.56 Å². The first-order chi connectivity index (χ1) is 9.99. The van der Waals surface area contributed by atoms with Gasteiger partial charge in [-0.2, -0.15) is 5.10 Å². The maximum atomic E-state index is 10.6. The lowest BCUT2D eigenvalue weighted by Gasteiger charge is -2.17. The second-order valence-corrected chi connectivity index (χ2v) is 6.40. The Labute approximate surface area is 134 Å². The maximum Gasteiger partial charge on any atom is 0.101 e. The summed E-state index contributed by atoms with van der Waals surface area (Å²) >= 11 is 3.50. The number of halogens is 1. The van der Waals surface area contributed by atoms with Crippen LogP contribution in [0.25, 0.3) is 0 Å². The average Bonchev–Trinajstić information content (AvgIpc) is 2.80. The minimum Gasteiger partial charge on any atom is -0.386 e. The molecule has 0 bridgehead atoms. The van der Waals surface area contributed by atoms with Crippen LogP contribution in [0.5, 0.6) is 0 Å². The van der Waals surface area contributed by atoms with Gasteiger partial charge in [0.2, 0.25) is 0 Å². The van der Waals surface area contributed by atoms with Crippen LogP contribution >= 0.6 is 15.9 Å². The fourth-order valence-corrected chi connectivity index (χ4v) is 2.88. The molecule has 1 heterocycles. The number of hydrogen-bond acceptors (Lipinski definition) is 3. The highest BCUT2D eigenvalue weighted by atomic mass is 79.9. The Balaban J connectivity index is 2.17. The molecule has 4 nitrogen and oxygen atoms in total. The number of aryl methyl sites for hydroxylation is 1. The van der Waals surface area contributed by atoms with Crippen molar-refractivity contribution in [3.05, 3.63) is 51.8 Å². The van der Waals surface area contributed by atoms with E-state index in [1.807, 2.05) is 30.9 Å². The minimum absolute atomic E-state index is 0.565. The van der Waals surface area contributed by atoms with Crippen molar-refractivity contribution in [3.63, 3.8) is 0 Å². The molecule has 1 N–H and O–H groups in total. The van der Waals surface area contributed by atoms with Crippen LogP contribution in [0.3, 0.4) is 0 Å². The number of nitrogens with zero attached hydrogens (tertiary/aromatic N) is 3. The molecule has 2 rings (SSSR count). The van der Waals surface area contributed by atoms with Crippen molar-refractivity contribution >= 4 is 15.9 Å². The third-order valence-corrected chi connectivity index (χ3v) is 4.19. The fraction of sp³-hybridized carbons (Fsp3) is 0.438. The van der Waals surface area contributed by atoms with Gasteiger partial charge in [0.25, 0.3) is 0 Å². The Morgan fingerprint density at radius 1 is 1.33 bits per heavy atom. The lowest BCUT2D eigenvalue weighted by atomic mass is 10.0. The van der Waals surface area contributed by atoms with Crippen molar-refractivity contribution in [2.75, 3.05) is 20.6 Å². The van der Waals surface area contributed by atoms with Crippen LogP contribution in [-0.2, 0) is 13.0 Å². The van der Waals surface area contributed by atoms with Crippen LogP contribution in [0.2, 0.25) is 0 Å². The SMILES string of the molecule is Cc1ccccc1CC(O)c1c(Br)cnn1CCN(C)C. The molecule has 0 saturated carbocycles. The molecule has 5 heteroatoms. The molecule has 0 fully saturated rings. The van der Waals surface area contributed by atoms with Crippen molar-refractivity contribution < 1.29 is 5.11 Å². The molecule has 1 unspecified atom stereocenters. The van der Waals surface area contributed by atoms with E-state index in [0.29, 0.717) is 6.42 Å². The van der Waals surface area contributed by atoms with Gasteiger partial charge in [-0.1, -0.05) is 24.3 Å². The van der Waals surface area contributed by atoms with E-state index in [4.69, 9.17) is 0 Å². The van der Waals surface area contributed by atoms with E-state index in [-0.39, 0.29) is 0 Å². The number of benzene rings is 1. The molecule has 0 saturated heterocycles. The first-order valence-electron chi connectivity index (χ1n) is 7.07. The van der Waals surface area contributed by atoms with Crippen molar-refractivity contribution in [3.8, 4) is 0 Å². The maximum absolute atomic E-state index is 10.6. The number of aliphatic hydroxyl groups is 1. The van der Waals surface area contributed by atoms with Gasteiger partial charge in [0.1, 0.15) is 6.10 Å². The molecule has 1 atom stereocenters. The molecule has 1 aromatic carbocycles. The Morgan fingerprint density at radius 3 is 2.71 bits per heavy atom. The second-order valence-electron chi connectivity index (χ2n) is 5.55. The van der Waals surface area contributed by atoms with Crippen molar-refractivity contribution in [2.45, 2.75) is 26.0 Å². The summed E-state index contributed by atoms with van der Waals surface area (Å²) in [6, 6.07) is 8.16. The van der Waals surface area contributed by atoms with Crippen molar-refractivity contribution in [1.29, 1.82) is 0 Å². The van der Waals surface area contributed by atoms with Gasteiger partial charge in [0, 0.05) is 13.0 Å².